The number of hydrogen-bond acceptors (Lipinski definition) is 4. The highest BCUT2D eigenvalue weighted by atomic mass is 35.5. The molecule has 3 rings (SSSR count). The van der Waals surface area contributed by atoms with Gasteiger partial charge in [-0.1, -0.05) is 42.5 Å². The van der Waals surface area contributed by atoms with E-state index >= 15 is 0 Å². The van der Waals surface area contributed by atoms with Crippen molar-refractivity contribution in [2.45, 2.75) is 32.1 Å². The van der Waals surface area contributed by atoms with Crippen LogP contribution in [0.2, 0.25) is 10.0 Å². The van der Waals surface area contributed by atoms with Crippen LogP contribution in [0, 0.1) is 5.92 Å². The van der Waals surface area contributed by atoms with E-state index in [1.54, 1.807) is 36.4 Å². The quantitative estimate of drug-likeness (QED) is 0.554. The van der Waals surface area contributed by atoms with Crippen molar-refractivity contribution in [2.24, 2.45) is 5.92 Å². The molecule has 0 unspecified atom stereocenters. The summed E-state index contributed by atoms with van der Waals surface area (Å²) < 4.78 is 5.30. The van der Waals surface area contributed by atoms with Gasteiger partial charge in [-0.15, -0.1) is 0 Å². The summed E-state index contributed by atoms with van der Waals surface area (Å²) in [7, 11) is 0. The third kappa shape index (κ3) is 6.87. The summed E-state index contributed by atoms with van der Waals surface area (Å²) in [5.74, 6) is -0.681. The van der Waals surface area contributed by atoms with Crippen LogP contribution in [0.15, 0.2) is 42.5 Å². The summed E-state index contributed by atoms with van der Waals surface area (Å²) in [6, 6.07) is 11.1. The molecule has 1 saturated carbocycles. The van der Waals surface area contributed by atoms with E-state index in [0.29, 0.717) is 22.0 Å². The van der Waals surface area contributed by atoms with Crippen LogP contribution in [0.4, 0.5) is 5.69 Å². The maximum Gasteiger partial charge on any atom is 0.276 e. The molecule has 3 amide bonds. The number of hydrazine groups is 1. The van der Waals surface area contributed by atoms with Gasteiger partial charge >= 0.3 is 0 Å². The highest BCUT2D eigenvalue weighted by molar-refractivity contribution is 6.35. The fraction of sp³-hybridized carbons (Fsp3) is 0.318. The predicted octanol–water partition coefficient (Wildman–Crippen LogP) is 4.35. The lowest BCUT2D eigenvalue weighted by atomic mass is 9.88. The summed E-state index contributed by atoms with van der Waals surface area (Å²) in [5.41, 5.74) is 5.54. The smallest absolute Gasteiger partial charge is 0.276 e. The van der Waals surface area contributed by atoms with Crippen molar-refractivity contribution in [3.8, 4) is 5.75 Å². The molecule has 2 aromatic carbocycles. The number of carbonyl (C=O) groups is 3. The summed E-state index contributed by atoms with van der Waals surface area (Å²) >= 11 is 11.8. The highest BCUT2D eigenvalue weighted by Crippen LogP contribution is 2.27. The Morgan fingerprint density at radius 3 is 2.32 bits per heavy atom. The van der Waals surface area contributed by atoms with Crippen LogP contribution < -0.4 is 20.9 Å². The van der Waals surface area contributed by atoms with E-state index in [1.807, 2.05) is 0 Å². The van der Waals surface area contributed by atoms with E-state index in [4.69, 9.17) is 27.9 Å². The van der Waals surface area contributed by atoms with Crippen molar-refractivity contribution in [3.63, 3.8) is 0 Å². The molecule has 0 radical (unpaired) electrons. The number of carbonyl (C=O) groups excluding carboxylic acids is 3. The Kier molecular flexibility index (Phi) is 8.14. The molecule has 0 aromatic heterocycles. The first kappa shape index (κ1) is 22.9. The number of benzene rings is 2. The lowest BCUT2D eigenvalue weighted by Crippen LogP contribution is -2.43. The molecule has 0 aliphatic heterocycles. The third-order valence-corrected chi connectivity index (χ3v) is 5.49. The monoisotopic (exact) mass is 463 g/mol. The molecular formula is C22H23Cl2N3O4. The van der Waals surface area contributed by atoms with Gasteiger partial charge in [-0.3, -0.25) is 25.2 Å². The molecular weight excluding hydrogens is 441 g/mol. The van der Waals surface area contributed by atoms with Crippen LogP contribution in [-0.2, 0) is 9.59 Å². The fourth-order valence-electron chi connectivity index (χ4n) is 3.28. The number of halogens is 2. The number of amides is 3. The van der Waals surface area contributed by atoms with Crippen LogP contribution in [0.1, 0.15) is 42.5 Å². The maximum atomic E-state index is 12.3. The van der Waals surface area contributed by atoms with Gasteiger partial charge in [0.1, 0.15) is 5.75 Å². The Labute approximate surface area is 190 Å². The van der Waals surface area contributed by atoms with Gasteiger partial charge < -0.3 is 10.1 Å². The van der Waals surface area contributed by atoms with E-state index in [9.17, 15) is 14.4 Å². The first-order valence-electron chi connectivity index (χ1n) is 10.0. The molecule has 3 N–H and O–H groups in total. The molecule has 9 heteroatoms. The second-order valence-corrected chi connectivity index (χ2v) is 8.11. The minimum atomic E-state index is -0.560. The molecule has 2 aromatic rings. The normalized spacial score (nSPS) is 13.9. The minimum Gasteiger partial charge on any atom is -0.482 e. The van der Waals surface area contributed by atoms with Gasteiger partial charge in [-0.25, -0.2) is 0 Å². The number of nitrogens with one attached hydrogen (secondary N) is 3. The molecule has 1 aliphatic carbocycles. The van der Waals surface area contributed by atoms with Gasteiger partial charge in [0, 0.05) is 22.2 Å². The minimum absolute atomic E-state index is 0.0185. The predicted molar refractivity (Wildman–Crippen MR) is 119 cm³/mol. The molecule has 164 valence electrons. The maximum absolute atomic E-state index is 12.3. The molecule has 1 fully saturated rings. The van der Waals surface area contributed by atoms with Crippen molar-refractivity contribution >= 4 is 46.6 Å². The average Bonchev–Trinajstić information content (AvgIpc) is 2.78. The lowest BCUT2D eigenvalue weighted by molar-refractivity contribution is -0.124. The van der Waals surface area contributed by atoms with Gasteiger partial charge in [-0.05, 0) is 55.3 Å². The summed E-state index contributed by atoms with van der Waals surface area (Å²) in [6.45, 7) is -0.340. The molecule has 31 heavy (non-hydrogen) atoms. The Morgan fingerprint density at radius 1 is 0.935 bits per heavy atom. The van der Waals surface area contributed by atoms with Crippen molar-refractivity contribution < 1.29 is 19.1 Å². The second-order valence-electron chi connectivity index (χ2n) is 7.27. The SMILES string of the molecule is O=C(COc1ccc(Cl)cc1Cl)NNC(=O)c1ccc(NC(=O)C2CCCCC2)cc1. The fourth-order valence-corrected chi connectivity index (χ4v) is 3.75. The summed E-state index contributed by atoms with van der Waals surface area (Å²) in [5, 5.41) is 3.62. The van der Waals surface area contributed by atoms with Crippen molar-refractivity contribution in [1.82, 2.24) is 10.9 Å². The number of anilines is 1. The van der Waals surface area contributed by atoms with Gasteiger partial charge in [0.25, 0.3) is 11.8 Å². The van der Waals surface area contributed by atoms with Crippen LogP contribution in [-0.4, -0.2) is 24.3 Å². The van der Waals surface area contributed by atoms with Crippen molar-refractivity contribution in [2.75, 3.05) is 11.9 Å². The number of hydrogen-bond donors (Lipinski definition) is 3. The highest BCUT2D eigenvalue weighted by Gasteiger charge is 2.21. The largest absolute Gasteiger partial charge is 0.482 e. The molecule has 0 bridgehead atoms. The van der Waals surface area contributed by atoms with Crippen molar-refractivity contribution in [3.05, 3.63) is 58.1 Å². The third-order valence-electron chi connectivity index (χ3n) is 4.96. The first-order valence-corrected chi connectivity index (χ1v) is 10.8. The molecule has 0 heterocycles. The van der Waals surface area contributed by atoms with E-state index in [1.165, 1.54) is 12.5 Å². The van der Waals surface area contributed by atoms with Crippen LogP contribution >= 0.6 is 23.2 Å². The Balaban J connectivity index is 1.43. The topological polar surface area (TPSA) is 96.5 Å². The van der Waals surface area contributed by atoms with Gasteiger partial charge in [0.2, 0.25) is 5.91 Å². The van der Waals surface area contributed by atoms with Crippen LogP contribution in [0.3, 0.4) is 0 Å². The zero-order chi connectivity index (χ0) is 22.2. The van der Waals surface area contributed by atoms with E-state index in [0.717, 1.165) is 25.7 Å². The van der Waals surface area contributed by atoms with Crippen LogP contribution in [0.25, 0.3) is 0 Å². The molecule has 7 nitrogen and oxygen atoms in total. The van der Waals surface area contributed by atoms with Crippen molar-refractivity contribution in [1.29, 1.82) is 0 Å². The summed E-state index contributed by atoms with van der Waals surface area (Å²) in [6.07, 6.45) is 5.19. The molecule has 0 saturated heterocycles. The number of rotatable bonds is 6. The first-order chi connectivity index (χ1) is 14.9. The lowest BCUT2D eigenvalue weighted by Gasteiger charge is -2.20. The average molecular weight is 464 g/mol. The molecule has 1 aliphatic rings. The molecule has 0 spiro atoms. The molecule has 0 atom stereocenters. The summed E-state index contributed by atoms with van der Waals surface area (Å²) in [4.78, 5) is 36.4. The standard InChI is InChI=1S/C22H23Cl2N3O4/c23-16-8-11-19(18(24)12-16)31-13-20(28)26-27-22(30)15-6-9-17(10-7-15)25-21(29)14-4-2-1-3-5-14/h6-12,14H,1-5,13H2,(H,25,29)(H,26,28)(H,27,30). The Bertz CT molecular complexity index is 944. The van der Waals surface area contributed by atoms with Crippen LogP contribution in [0.5, 0.6) is 5.75 Å². The van der Waals surface area contributed by atoms with E-state index < -0.39 is 11.8 Å². The second kappa shape index (κ2) is 11.0. The van der Waals surface area contributed by atoms with Gasteiger partial charge in [-0.2, -0.15) is 0 Å². The Morgan fingerprint density at radius 2 is 1.65 bits per heavy atom. The zero-order valence-electron chi connectivity index (χ0n) is 16.8. The van der Waals surface area contributed by atoms with E-state index in [2.05, 4.69) is 16.2 Å². The van der Waals surface area contributed by atoms with E-state index in [-0.39, 0.29) is 23.5 Å². The van der Waals surface area contributed by atoms with Gasteiger partial charge in [0.15, 0.2) is 6.61 Å². The van der Waals surface area contributed by atoms with Gasteiger partial charge in [0.05, 0.1) is 5.02 Å². The zero-order valence-corrected chi connectivity index (χ0v) is 18.3. The number of ether oxygens (including phenoxy) is 1. The Hall–Kier alpha value is -2.77.